The Hall–Kier alpha value is -2.76. The van der Waals surface area contributed by atoms with Crippen LogP contribution in [0, 0.1) is 0 Å². The maximum atomic E-state index is 12.4. The van der Waals surface area contributed by atoms with Crippen LogP contribution in [0.4, 0.5) is 0 Å². The van der Waals surface area contributed by atoms with E-state index in [1.54, 1.807) is 45.7 Å². The van der Waals surface area contributed by atoms with E-state index >= 15 is 0 Å². The van der Waals surface area contributed by atoms with Crippen molar-refractivity contribution in [3.05, 3.63) is 47.8 Å². The average molecular weight is 344 g/mol. The van der Waals surface area contributed by atoms with Gasteiger partial charge in [-0.15, -0.1) is 0 Å². The van der Waals surface area contributed by atoms with Gasteiger partial charge in [0.1, 0.15) is 0 Å². The summed E-state index contributed by atoms with van der Waals surface area (Å²) in [4.78, 5) is 18.2. The van der Waals surface area contributed by atoms with Gasteiger partial charge in [-0.1, -0.05) is 12.1 Å². The van der Waals surface area contributed by atoms with Crippen molar-refractivity contribution >= 4 is 5.91 Å². The third-order valence-corrected chi connectivity index (χ3v) is 3.96. The van der Waals surface area contributed by atoms with Gasteiger partial charge < -0.3 is 19.1 Å². The summed E-state index contributed by atoms with van der Waals surface area (Å²) in [6.45, 7) is 0.537. The fourth-order valence-corrected chi connectivity index (χ4v) is 2.65. The number of carbonyl (C=O) groups excluding carboxylic acids is 1. The van der Waals surface area contributed by atoms with Gasteiger partial charge in [0.15, 0.2) is 11.5 Å². The van der Waals surface area contributed by atoms with E-state index in [0.29, 0.717) is 36.6 Å². The van der Waals surface area contributed by atoms with E-state index in [2.05, 4.69) is 4.98 Å². The number of hydrogen-bond donors (Lipinski definition) is 0. The molecule has 0 unspecified atom stereocenters. The maximum absolute atomic E-state index is 12.4. The van der Waals surface area contributed by atoms with Crippen molar-refractivity contribution in [1.82, 2.24) is 9.88 Å². The molecule has 6 heteroatoms. The first-order chi connectivity index (χ1) is 12.1. The Kier molecular flexibility index (Phi) is 6.62. The standard InChI is InChI=1S/C19H24N2O4/c1-21(13-14-6-5-11-20-12-14)17(22)10-8-15-7-9-16(23-2)19(25-4)18(15)24-3/h5-7,9,11-12H,8,10,13H2,1-4H3. The summed E-state index contributed by atoms with van der Waals surface area (Å²) in [7, 11) is 6.52. The molecule has 1 aromatic carbocycles. The van der Waals surface area contributed by atoms with E-state index in [1.807, 2.05) is 24.3 Å². The van der Waals surface area contributed by atoms with Crippen LogP contribution >= 0.6 is 0 Å². The van der Waals surface area contributed by atoms with E-state index in [9.17, 15) is 4.79 Å². The molecule has 0 bridgehead atoms. The number of methoxy groups -OCH3 is 3. The Bertz CT molecular complexity index is 704. The zero-order chi connectivity index (χ0) is 18.2. The van der Waals surface area contributed by atoms with Crippen molar-refractivity contribution < 1.29 is 19.0 Å². The quantitative estimate of drug-likeness (QED) is 0.737. The number of aromatic nitrogens is 1. The molecule has 6 nitrogen and oxygen atoms in total. The van der Waals surface area contributed by atoms with Crippen LogP contribution in [0.25, 0.3) is 0 Å². The van der Waals surface area contributed by atoms with Gasteiger partial charge in [0.2, 0.25) is 11.7 Å². The molecule has 1 amide bonds. The molecule has 0 radical (unpaired) electrons. The molecule has 1 heterocycles. The number of hydrogen-bond acceptors (Lipinski definition) is 5. The monoisotopic (exact) mass is 344 g/mol. The van der Waals surface area contributed by atoms with Gasteiger partial charge in [-0.05, 0) is 29.7 Å². The number of aryl methyl sites for hydroxylation is 1. The first kappa shape index (κ1) is 18.6. The molecular weight excluding hydrogens is 320 g/mol. The van der Waals surface area contributed by atoms with Crippen molar-refractivity contribution in [1.29, 1.82) is 0 Å². The fraction of sp³-hybridized carbons (Fsp3) is 0.368. The third-order valence-electron chi connectivity index (χ3n) is 3.96. The highest BCUT2D eigenvalue weighted by atomic mass is 16.5. The smallest absolute Gasteiger partial charge is 0.222 e. The molecule has 2 rings (SSSR count). The van der Waals surface area contributed by atoms with Crippen molar-refractivity contribution in [2.24, 2.45) is 0 Å². The number of rotatable bonds is 8. The van der Waals surface area contributed by atoms with Crippen molar-refractivity contribution in [3.63, 3.8) is 0 Å². The summed E-state index contributed by atoms with van der Waals surface area (Å²) in [6.07, 6.45) is 4.41. The minimum atomic E-state index is 0.0562. The van der Waals surface area contributed by atoms with Crippen LogP contribution in [0.2, 0.25) is 0 Å². The number of carbonyl (C=O) groups is 1. The first-order valence-electron chi connectivity index (χ1n) is 8.01. The lowest BCUT2D eigenvalue weighted by Crippen LogP contribution is -2.26. The van der Waals surface area contributed by atoms with Gasteiger partial charge >= 0.3 is 0 Å². The molecule has 0 saturated carbocycles. The zero-order valence-electron chi connectivity index (χ0n) is 15.1. The minimum Gasteiger partial charge on any atom is -0.493 e. The topological polar surface area (TPSA) is 60.9 Å². The largest absolute Gasteiger partial charge is 0.493 e. The molecule has 2 aromatic rings. The van der Waals surface area contributed by atoms with Gasteiger partial charge in [0.05, 0.1) is 21.3 Å². The average Bonchev–Trinajstić information content (AvgIpc) is 2.65. The number of amides is 1. The van der Waals surface area contributed by atoms with Gasteiger partial charge in [0.25, 0.3) is 0 Å². The van der Waals surface area contributed by atoms with Crippen LogP contribution in [-0.4, -0.2) is 44.2 Å². The molecule has 0 N–H and O–H groups in total. The lowest BCUT2D eigenvalue weighted by Gasteiger charge is -2.18. The maximum Gasteiger partial charge on any atom is 0.222 e. The molecule has 0 aliphatic heterocycles. The Morgan fingerprint density at radius 1 is 1.08 bits per heavy atom. The normalized spacial score (nSPS) is 10.2. The summed E-state index contributed by atoms with van der Waals surface area (Å²) in [6, 6.07) is 7.53. The van der Waals surface area contributed by atoms with Crippen LogP contribution in [-0.2, 0) is 17.8 Å². The highest BCUT2D eigenvalue weighted by Crippen LogP contribution is 2.40. The Morgan fingerprint density at radius 3 is 2.44 bits per heavy atom. The second-order valence-electron chi connectivity index (χ2n) is 5.60. The minimum absolute atomic E-state index is 0.0562. The molecule has 0 aliphatic rings. The molecule has 1 aromatic heterocycles. The van der Waals surface area contributed by atoms with Crippen LogP contribution in [0.15, 0.2) is 36.7 Å². The van der Waals surface area contributed by atoms with Gasteiger partial charge in [-0.3, -0.25) is 9.78 Å². The second kappa shape index (κ2) is 8.92. The molecule has 0 aliphatic carbocycles. The molecule has 25 heavy (non-hydrogen) atoms. The van der Waals surface area contributed by atoms with E-state index in [1.165, 1.54) is 0 Å². The molecular formula is C19H24N2O4. The summed E-state index contributed by atoms with van der Waals surface area (Å²) in [5, 5.41) is 0. The van der Waals surface area contributed by atoms with Crippen LogP contribution < -0.4 is 14.2 Å². The first-order valence-corrected chi connectivity index (χ1v) is 8.01. The zero-order valence-corrected chi connectivity index (χ0v) is 15.1. The number of nitrogens with zero attached hydrogens (tertiary/aromatic N) is 2. The fourth-order valence-electron chi connectivity index (χ4n) is 2.65. The highest BCUT2D eigenvalue weighted by molar-refractivity contribution is 5.76. The molecule has 0 fully saturated rings. The van der Waals surface area contributed by atoms with Crippen LogP contribution in [0.1, 0.15) is 17.5 Å². The Balaban J connectivity index is 2.04. The Labute approximate surface area is 148 Å². The predicted molar refractivity (Wildman–Crippen MR) is 95.1 cm³/mol. The van der Waals surface area contributed by atoms with Gasteiger partial charge in [-0.2, -0.15) is 0 Å². The molecule has 0 atom stereocenters. The van der Waals surface area contributed by atoms with Gasteiger partial charge in [0, 0.05) is 32.4 Å². The van der Waals surface area contributed by atoms with E-state index in [0.717, 1.165) is 11.1 Å². The summed E-state index contributed by atoms with van der Waals surface area (Å²) < 4.78 is 16.1. The SMILES string of the molecule is COc1ccc(CCC(=O)N(C)Cc2cccnc2)c(OC)c1OC. The molecule has 134 valence electrons. The predicted octanol–water partition coefficient (Wildman–Crippen LogP) is 2.70. The molecule has 0 saturated heterocycles. The number of ether oxygens (including phenoxy) is 3. The van der Waals surface area contributed by atoms with E-state index in [-0.39, 0.29) is 5.91 Å². The van der Waals surface area contributed by atoms with Crippen molar-refractivity contribution in [2.45, 2.75) is 19.4 Å². The Morgan fingerprint density at radius 2 is 1.84 bits per heavy atom. The lowest BCUT2D eigenvalue weighted by atomic mass is 10.1. The summed E-state index contributed by atoms with van der Waals surface area (Å²) in [5.74, 6) is 1.80. The summed E-state index contributed by atoms with van der Waals surface area (Å²) >= 11 is 0. The van der Waals surface area contributed by atoms with Crippen LogP contribution in [0.5, 0.6) is 17.2 Å². The third kappa shape index (κ3) is 4.62. The second-order valence-corrected chi connectivity index (χ2v) is 5.60. The lowest BCUT2D eigenvalue weighted by molar-refractivity contribution is -0.130. The summed E-state index contributed by atoms with van der Waals surface area (Å²) in [5.41, 5.74) is 1.91. The van der Waals surface area contributed by atoms with E-state index < -0.39 is 0 Å². The number of pyridine rings is 1. The van der Waals surface area contributed by atoms with E-state index in [4.69, 9.17) is 14.2 Å². The molecule has 0 spiro atoms. The number of benzene rings is 1. The highest BCUT2D eigenvalue weighted by Gasteiger charge is 2.17. The van der Waals surface area contributed by atoms with Crippen molar-refractivity contribution in [2.75, 3.05) is 28.4 Å². The van der Waals surface area contributed by atoms with Gasteiger partial charge in [-0.25, -0.2) is 0 Å². The van der Waals surface area contributed by atoms with Crippen LogP contribution in [0.3, 0.4) is 0 Å². The van der Waals surface area contributed by atoms with Crippen molar-refractivity contribution in [3.8, 4) is 17.2 Å².